The van der Waals surface area contributed by atoms with Gasteiger partial charge in [0, 0.05) is 11.7 Å². The summed E-state index contributed by atoms with van der Waals surface area (Å²) in [6.45, 7) is 4.50. The molecule has 0 aliphatic heterocycles. The number of hydrogen-bond donors (Lipinski definition) is 1. The topological polar surface area (TPSA) is 12.0 Å². The van der Waals surface area contributed by atoms with E-state index in [9.17, 15) is 0 Å². The Morgan fingerprint density at radius 2 is 1.86 bits per heavy atom. The molecule has 78 valence electrons. The minimum absolute atomic E-state index is 0.587. The molecule has 0 aromatic heterocycles. The SMILES string of the molecule is CCCCC[C@@H](C)Nc1ccccc1. The standard InChI is InChI=1S/C13H21N/c1-3-4-6-9-12(2)14-13-10-7-5-8-11-13/h5,7-8,10-12,14H,3-4,6,9H2,1-2H3/t12-/m1/s1. The van der Waals surface area contributed by atoms with Gasteiger partial charge in [-0.3, -0.25) is 0 Å². The largest absolute Gasteiger partial charge is 0.383 e. The van der Waals surface area contributed by atoms with E-state index in [0.717, 1.165) is 0 Å². The highest BCUT2D eigenvalue weighted by Crippen LogP contribution is 2.10. The average Bonchev–Trinajstić information content (AvgIpc) is 2.20. The first kappa shape index (κ1) is 11.1. The average molecular weight is 191 g/mol. The van der Waals surface area contributed by atoms with Crippen molar-refractivity contribution in [3.05, 3.63) is 30.3 Å². The van der Waals surface area contributed by atoms with Gasteiger partial charge in [0.05, 0.1) is 0 Å². The van der Waals surface area contributed by atoms with Gasteiger partial charge in [-0.1, -0.05) is 44.4 Å². The summed E-state index contributed by atoms with van der Waals surface area (Å²) in [5.41, 5.74) is 1.23. The third-order valence-electron chi connectivity index (χ3n) is 2.43. The van der Waals surface area contributed by atoms with Gasteiger partial charge in [0.1, 0.15) is 0 Å². The van der Waals surface area contributed by atoms with Crippen molar-refractivity contribution in [1.82, 2.24) is 0 Å². The van der Waals surface area contributed by atoms with Gasteiger partial charge in [-0.05, 0) is 25.5 Å². The van der Waals surface area contributed by atoms with Gasteiger partial charge in [0.25, 0.3) is 0 Å². The maximum Gasteiger partial charge on any atom is 0.0342 e. The molecule has 0 aliphatic rings. The lowest BCUT2D eigenvalue weighted by molar-refractivity contribution is 0.615. The molecule has 1 rings (SSSR count). The summed E-state index contributed by atoms with van der Waals surface area (Å²) in [7, 11) is 0. The number of nitrogens with one attached hydrogen (secondary N) is 1. The summed E-state index contributed by atoms with van der Waals surface area (Å²) in [4.78, 5) is 0. The summed E-state index contributed by atoms with van der Waals surface area (Å²) in [5.74, 6) is 0. The zero-order chi connectivity index (χ0) is 10.2. The van der Waals surface area contributed by atoms with Crippen molar-refractivity contribution in [2.45, 2.75) is 45.6 Å². The lowest BCUT2D eigenvalue weighted by Crippen LogP contribution is -2.14. The Kier molecular flexibility index (Phi) is 5.13. The van der Waals surface area contributed by atoms with Gasteiger partial charge in [0.2, 0.25) is 0 Å². The number of para-hydroxylation sites is 1. The van der Waals surface area contributed by atoms with E-state index in [4.69, 9.17) is 0 Å². The van der Waals surface area contributed by atoms with Gasteiger partial charge in [-0.25, -0.2) is 0 Å². The fourth-order valence-corrected chi connectivity index (χ4v) is 1.59. The van der Waals surface area contributed by atoms with Crippen LogP contribution in [0.25, 0.3) is 0 Å². The van der Waals surface area contributed by atoms with E-state index < -0.39 is 0 Å². The smallest absolute Gasteiger partial charge is 0.0342 e. The minimum Gasteiger partial charge on any atom is -0.383 e. The highest BCUT2D eigenvalue weighted by atomic mass is 14.9. The summed E-state index contributed by atoms with van der Waals surface area (Å²) in [5, 5.41) is 3.50. The van der Waals surface area contributed by atoms with Crippen LogP contribution in [0.4, 0.5) is 5.69 Å². The molecule has 1 aromatic carbocycles. The molecule has 1 aromatic rings. The van der Waals surface area contributed by atoms with Crippen LogP contribution in [0, 0.1) is 0 Å². The lowest BCUT2D eigenvalue weighted by atomic mass is 10.1. The first-order valence-electron chi connectivity index (χ1n) is 5.64. The molecule has 0 bridgehead atoms. The summed E-state index contributed by atoms with van der Waals surface area (Å²) < 4.78 is 0. The summed E-state index contributed by atoms with van der Waals surface area (Å²) in [6, 6.07) is 11.0. The first-order valence-corrected chi connectivity index (χ1v) is 5.64. The van der Waals surface area contributed by atoms with Gasteiger partial charge in [-0.15, -0.1) is 0 Å². The zero-order valence-corrected chi connectivity index (χ0v) is 9.29. The van der Waals surface area contributed by atoms with Crippen molar-refractivity contribution in [2.24, 2.45) is 0 Å². The quantitative estimate of drug-likeness (QED) is 0.668. The molecule has 14 heavy (non-hydrogen) atoms. The van der Waals surface area contributed by atoms with Crippen LogP contribution >= 0.6 is 0 Å². The first-order chi connectivity index (χ1) is 6.83. The van der Waals surface area contributed by atoms with Gasteiger partial charge >= 0.3 is 0 Å². The van der Waals surface area contributed by atoms with Gasteiger partial charge in [-0.2, -0.15) is 0 Å². The van der Waals surface area contributed by atoms with Crippen LogP contribution in [0.1, 0.15) is 39.5 Å². The van der Waals surface area contributed by atoms with E-state index in [1.54, 1.807) is 0 Å². The number of unbranched alkanes of at least 4 members (excludes halogenated alkanes) is 2. The van der Waals surface area contributed by atoms with Crippen LogP contribution in [0.5, 0.6) is 0 Å². The van der Waals surface area contributed by atoms with E-state index in [1.165, 1.54) is 31.4 Å². The Morgan fingerprint density at radius 1 is 1.14 bits per heavy atom. The van der Waals surface area contributed by atoms with Crippen molar-refractivity contribution >= 4 is 5.69 Å². The van der Waals surface area contributed by atoms with Crippen molar-refractivity contribution < 1.29 is 0 Å². The summed E-state index contributed by atoms with van der Waals surface area (Å²) in [6.07, 6.45) is 5.25. The van der Waals surface area contributed by atoms with Crippen LogP contribution in [0.2, 0.25) is 0 Å². The predicted octanol–water partition coefficient (Wildman–Crippen LogP) is 4.07. The molecule has 1 nitrogen and oxygen atoms in total. The molecule has 0 radical (unpaired) electrons. The third-order valence-corrected chi connectivity index (χ3v) is 2.43. The molecule has 1 N–H and O–H groups in total. The Morgan fingerprint density at radius 3 is 2.50 bits per heavy atom. The molecule has 0 amide bonds. The van der Waals surface area contributed by atoms with Crippen molar-refractivity contribution in [3.63, 3.8) is 0 Å². The number of benzene rings is 1. The van der Waals surface area contributed by atoms with Crippen LogP contribution in [-0.2, 0) is 0 Å². The Balaban J connectivity index is 2.23. The van der Waals surface area contributed by atoms with E-state index in [2.05, 4.69) is 43.4 Å². The maximum atomic E-state index is 3.50. The molecule has 0 spiro atoms. The van der Waals surface area contributed by atoms with Crippen molar-refractivity contribution in [3.8, 4) is 0 Å². The molecule has 0 saturated heterocycles. The van der Waals surface area contributed by atoms with E-state index in [0.29, 0.717) is 6.04 Å². The van der Waals surface area contributed by atoms with E-state index in [1.807, 2.05) is 6.07 Å². The van der Waals surface area contributed by atoms with Gasteiger partial charge in [0.15, 0.2) is 0 Å². The van der Waals surface area contributed by atoms with Crippen molar-refractivity contribution in [1.29, 1.82) is 0 Å². The fraction of sp³-hybridized carbons (Fsp3) is 0.538. The minimum atomic E-state index is 0.587. The molecule has 0 heterocycles. The Hall–Kier alpha value is -0.980. The maximum absolute atomic E-state index is 3.50. The molecule has 0 unspecified atom stereocenters. The molecule has 0 aliphatic carbocycles. The lowest BCUT2D eigenvalue weighted by Gasteiger charge is -2.14. The molecule has 0 saturated carbocycles. The Bertz CT molecular complexity index is 230. The highest BCUT2D eigenvalue weighted by Gasteiger charge is 2.00. The molecular weight excluding hydrogens is 170 g/mol. The highest BCUT2D eigenvalue weighted by molar-refractivity contribution is 5.43. The normalized spacial score (nSPS) is 12.4. The molecule has 1 heteroatoms. The number of rotatable bonds is 6. The van der Waals surface area contributed by atoms with E-state index in [-0.39, 0.29) is 0 Å². The monoisotopic (exact) mass is 191 g/mol. The van der Waals surface area contributed by atoms with Gasteiger partial charge < -0.3 is 5.32 Å². The second kappa shape index (κ2) is 6.47. The molecule has 0 fully saturated rings. The van der Waals surface area contributed by atoms with Crippen LogP contribution in [0.15, 0.2) is 30.3 Å². The second-order valence-electron chi connectivity index (χ2n) is 3.91. The molecule has 1 atom stereocenters. The number of anilines is 1. The second-order valence-corrected chi connectivity index (χ2v) is 3.91. The predicted molar refractivity (Wildman–Crippen MR) is 63.7 cm³/mol. The molecular formula is C13H21N. The zero-order valence-electron chi connectivity index (χ0n) is 9.29. The van der Waals surface area contributed by atoms with Crippen LogP contribution < -0.4 is 5.32 Å². The fourth-order valence-electron chi connectivity index (χ4n) is 1.59. The van der Waals surface area contributed by atoms with E-state index >= 15 is 0 Å². The summed E-state index contributed by atoms with van der Waals surface area (Å²) >= 11 is 0. The third kappa shape index (κ3) is 4.31. The van der Waals surface area contributed by atoms with Crippen LogP contribution in [0.3, 0.4) is 0 Å². The number of hydrogen-bond acceptors (Lipinski definition) is 1. The Labute approximate surface area is 87.5 Å². The van der Waals surface area contributed by atoms with Crippen LogP contribution in [-0.4, -0.2) is 6.04 Å². The van der Waals surface area contributed by atoms with Crippen molar-refractivity contribution in [2.75, 3.05) is 5.32 Å².